The van der Waals surface area contributed by atoms with E-state index in [-0.39, 0.29) is 59.5 Å². The Hall–Kier alpha value is -4.61. The molecule has 10 nitrogen and oxygen atoms in total. The molecule has 5 atom stereocenters. The number of methoxy groups -OCH3 is 1. The number of carbonyl (C=O) groups is 4. The summed E-state index contributed by atoms with van der Waals surface area (Å²) in [6.45, 7) is 23.6. The molecule has 0 radical (unpaired) electrons. The zero-order valence-electron chi connectivity index (χ0n) is 41.3. The summed E-state index contributed by atoms with van der Waals surface area (Å²) in [6, 6.07) is -0.689. The number of aromatic amines is 1. The van der Waals surface area contributed by atoms with Crippen molar-refractivity contribution in [2.45, 2.75) is 145 Å². The first kappa shape index (κ1) is 52.4. The number of ether oxygens (including phenoxy) is 2. The van der Waals surface area contributed by atoms with Gasteiger partial charge in [-0.05, 0) is 93.2 Å². The van der Waals surface area contributed by atoms with E-state index >= 15 is 0 Å². The van der Waals surface area contributed by atoms with Gasteiger partial charge in [-0.2, -0.15) is 5.70 Å². The van der Waals surface area contributed by atoms with Gasteiger partial charge in [-0.15, -0.1) is 22.8 Å². The average Bonchev–Trinajstić information content (AvgIpc) is 4.02. The van der Waals surface area contributed by atoms with Crippen LogP contribution in [-0.4, -0.2) is 71.8 Å². The Morgan fingerprint density at radius 2 is 1.53 bits per heavy atom. The zero-order chi connectivity index (χ0) is 47.1. The second kappa shape index (κ2) is 23.4. The fourth-order valence-corrected chi connectivity index (χ4v) is 10.2. The molecular weight excluding hydrogens is 837 g/mol. The fourth-order valence-electron chi connectivity index (χ4n) is 10.2. The van der Waals surface area contributed by atoms with Crippen LogP contribution in [0.5, 0.6) is 0 Å². The normalized spacial score (nSPS) is 20.3. The van der Waals surface area contributed by atoms with E-state index in [0.29, 0.717) is 74.5 Å². The Kier molecular flexibility index (Phi) is 18.6. The number of ketones is 1. The number of nitrogens with one attached hydrogen (secondary N) is 1. The summed E-state index contributed by atoms with van der Waals surface area (Å²) in [5.74, 6) is 0.288. The number of aromatic nitrogens is 3. The molecule has 1 fully saturated rings. The van der Waals surface area contributed by atoms with Gasteiger partial charge in [0.05, 0.1) is 7.11 Å². The van der Waals surface area contributed by atoms with E-state index in [4.69, 9.17) is 24.8 Å². The summed E-state index contributed by atoms with van der Waals surface area (Å²) in [7, 11) is 1.26. The van der Waals surface area contributed by atoms with Crippen LogP contribution >= 0.6 is 0 Å². The van der Waals surface area contributed by atoms with Crippen LogP contribution in [0.15, 0.2) is 29.5 Å². The molecule has 6 rings (SSSR count). The predicted octanol–water partition coefficient (Wildman–Crippen LogP) is 10.0. The van der Waals surface area contributed by atoms with Crippen LogP contribution in [0.4, 0.5) is 0 Å². The van der Waals surface area contributed by atoms with Crippen molar-refractivity contribution in [2.24, 2.45) is 29.6 Å². The van der Waals surface area contributed by atoms with Gasteiger partial charge in [0.2, 0.25) is 0 Å². The number of hydrogen-bond acceptors (Lipinski definition) is 6. The van der Waals surface area contributed by atoms with Crippen LogP contribution < -0.4 is 20.7 Å². The molecule has 1 unspecified atom stereocenters. The number of hydrogen-bond donors (Lipinski definition) is 1. The number of carbonyl (C=O) groups excluding carboxylic acids is 4. The topological polar surface area (TPSA) is 145 Å². The average molecular weight is 908 g/mol. The van der Waals surface area contributed by atoms with E-state index < -0.39 is 17.8 Å². The van der Waals surface area contributed by atoms with Crippen molar-refractivity contribution in [3.63, 3.8) is 0 Å². The first-order valence-electron chi connectivity index (χ1n) is 24.1. The van der Waals surface area contributed by atoms with Crippen LogP contribution in [0.25, 0.3) is 35.2 Å². The molecule has 1 N–H and O–H groups in total. The van der Waals surface area contributed by atoms with Gasteiger partial charge in [-0.25, -0.2) is 4.79 Å². The van der Waals surface area contributed by atoms with Gasteiger partial charge in [0.1, 0.15) is 12.2 Å². The van der Waals surface area contributed by atoms with Crippen molar-refractivity contribution < 1.29 is 28.7 Å². The maximum absolute atomic E-state index is 14.3. The van der Waals surface area contributed by atoms with Crippen molar-refractivity contribution in [3.05, 3.63) is 102 Å². The van der Waals surface area contributed by atoms with Crippen molar-refractivity contribution in [1.82, 2.24) is 15.0 Å². The summed E-state index contributed by atoms with van der Waals surface area (Å²) in [4.78, 5) is 67.4. The first-order chi connectivity index (χ1) is 31.1. The van der Waals surface area contributed by atoms with E-state index in [9.17, 15) is 19.2 Å². The SMILES string of the molecule is C=Cc1c2[n-]c(c1C)/C=C1\[N-]C(C3=C(C(=O)OC)C(=O)c4c3[n-]c(c4C)/C=c3\[nH]/c(c(C=O)c3CC)=C\2)[C@@H](CCC(=O)OC/C=C(/C)CCC[C@H](C)CCC[C@H](C)CCCC(C)C)[C@@H]1C.[Mg+2]. The van der Waals surface area contributed by atoms with Crippen molar-refractivity contribution in [3.8, 4) is 0 Å². The maximum Gasteiger partial charge on any atom is 2.00 e. The van der Waals surface area contributed by atoms with E-state index in [0.717, 1.165) is 53.4 Å². The Morgan fingerprint density at radius 1 is 0.879 bits per heavy atom. The van der Waals surface area contributed by atoms with Gasteiger partial charge in [0.15, 0.2) is 12.1 Å². The van der Waals surface area contributed by atoms with E-state index in [2.05, 4.69) is 53.1 Å². The molecule has 3 aliphatic rings. The van der Waals surface area contributed by atoms with Crippen molar-refractivity contribution in [2.75, 3.05) is 13.7 Å². The molecule has 0 amide bonds. The maximum atomic E-state index is 14.3. The van der Waals surface area contributed by atoms with Crippen LogP contribution in [-0.2, 0) is 25.5 Å². The number of rotatable bonds is 21. The van der Waals surface area contributed by atoms with Gasteiger partial charge in [0.25, 0.3) is 0 Å². The Morgan fingerprint density at radius 3 is 2.17 bits per heavy atom. The number of H-pyrrole nitrogens is 1. The molecule has 0 spiro atoms. The van der Waals surface area contributed by atoms with E-state index in [1.54, 1.807) is 6.08 Å². The molecule has 1 saturated heterocycles. The summed E-state index contributed by atoms with van der Waals surface area (Å²) < 4.78 is 11.0. The molecular formula is C55H71MgN4O6-. The number of esters is 2. The third kappa shape index (κ3) is 11.6. The molecule has 8 bridgehead atoms. The number of Topliss-reactive ketones (excluding diaryl/α,β-unsaturated/α-hetero) is 1. The molecule has 2 aliphatic heterocycles. The minimum absolute atomic E-state index is 0. The van der Waals surface area contributed by atoms with E-state index in [1.807, 2.05) is 45.1 Å². The monoisotopic (exact) mass is 908 g/mol. The number of aldehydes is 1. The third-order valence-electron chi connectivity index (χ3n) is 14.2. The molecule has 0 saturated carbocycles. The smallest absolute Gasteiger partial charge is 0.681 e. The summed E-state index contributed by atoms with van der Waals surface area (Å²) in [6.07, 6.45) is 22.6. The quantitative estimate of drug-likeness (QED) is 0.0366. The van der Waals surface area contributed by atoms with Gasteiger partial charge >= 0.3 is 35.0 Å². The molecule has 66 heavy (non-hydrogen) atoms. The van der Waals surface area contributed by atoms with Crippen LogP contribution in [0.2, 0.25) is 0 Å². The number of allylic oxidation sites excluding steroid dienone is 2. The Labute approximate surface area is 408 Å². The Bertz CT molecular complexity index is 2510. The minimum Gasteiger partial charge on any atom is -0.681 e. The summed E-state index contributed by atoms with van der Waals surface area (Å²) in [5.41, 5.74) is 8.56. The standard InChI is InChI=1S/C55H73N4O6.Mg/c1-12-38-35(8)42-27-43-36(9)40(23-24-48(61)65-26-25-34(7)22-16-21-33(6)20-15-19-32(5)18-14-17-31(3)4)52(58-43)50-51(55(63)64-11)54(62)49-37(10)44(59-53(49)50)28-46-39(13-2)41(30-60)47(57-46)29-45(38)56-42;/h12,25,27-33,36,40,52H,1,13-24,26H2,2-11H3,(H3-,56,57,58,59,60,62,63);/q-1;+2/p-2/b34-25-;/t32-,33-,36+,40+,52?;/m1./s1. The molecule has 5 heterocycles. The number of fused-ring (bicyclic) bond motifs is 8. The van der Waals surface area contributed by atoms with Crippen LogP contribution in [0.3, 0.4) is 0 Å². The van der Waals surface area contributed by atoms with Gasteiger partial charge in [-0.1, -0.05) is 146 Å². The molecule has 1 aliphatic carbocycles. The van der Waals surface area contributed by atoms with Crippen molar-refractivity contribution in [1.29, 1.82) is 0 Å². The van der Waals surface area contributed by atoms with Crippen LogP contribution in [0.1, 0.15) is 185 Å². The summed E-state index contributed by atoms with van der Waals surface area (Å²) in [5, 5.41) is 6.57. The van der Waals surface area contributed by atoms with Crippen LogP contribution in [0, 0.1) is 43.4 Å². The largest absolute Gasteiger partial charge is 2.00 e. The Balaban J connectivity index is 0.00000817. The zero-order valence-corrected chi connectivity index (χ0v) is 42.7. The molecule has 0 aromatic carbocycles. The van der Waals surface area contributed by atoms with Gasteiger partial charge in [0, 0.05) is 28.2 Å². The van der Waals surface area contributed by atoms with E-state index in [1.165, 1.54) is 57.6 Å². The minimum atomic E-state index is -0.753. The first-order valence-corrected chi connectivity index (χ1v) is 24.1. The molecule has 3 aromatic heterocycles. The second-order valence-corrected chi connectivity index (χ2v) is 19.4. The number of nitrogens with zero attached hydrogens (tertiary/aromatic N) is 3. The molecule has 3 aromatic rings. The van der Waals surface area contributed by atoms with Crippen molar-refractivity contribution >= 4 is 76.9 Å². The second-order valence-electron chi connectivity index (χ2n) is 19.4. The molecule has 350 valence electrons. The molecule has 11 heteroatoms. The predicted molar refractivity (Wildman–Crippen MR) is 266 cm³/mol. The van der Waals surface area contributed by atoms with Gasteiger partial charge in [-0.3, -0.25) is 14.4 Å². The summed E-state index contributed by atoms with van der Waals surface area (Å²) >= 11 is 0. The third-order valence-corrected chi connectivity index (χ3v) is 14.2. The van der Waals surface area contributed by atoms with Gasteiger partial charge < -0.3 is 29.7 Å². The fraction of sp³-hybridized carbons (Fsp3) is 0.527.